The van der Waals surface area contributed by atoms with Gasteiger partial charge in [-0.05, 0) is 36.6 Å². The molecule has 1 saturated heterocycles. The predicted octanol–water partition coefficient (Wildman–Crippen LogP) is 3.85. The Hall–Kier alpha value is -3.48. The topological polar surface area (TPSA) is 92.1 Å². The maximum atomic E-state index is 12.7. The number of para-hydroxylation sites is 2. The summed E-state index contributed by atoms with van der Waals surface area (Å²) in [5.74, 6) is 0.676. The molecule has 4 rings (SSSR count). The molecule has 2 aromatic carbocycles. The molecule has 1 atom stereocenters. The Morgan fingerprint density at radius 3 is 2.93 bits per heavy atom. The summed E-state index contributed by atoms with van der Waals surface area (Å²) in [6, 6.07) is 13.9. The van der Waals surface area contributed by atoms with Crippen molar-refractivity contribution < 1.29 is 9.72 Å². The molecule has 7 heteroatoms. The number of fused-ring (bicyclic) bond motifs is 1. The van der Waals surface area contributed by atoms with E-state index in [9.17, 15) is 14.9 Å². The Morgan fingerprint density at radius 1 is 1.26 bits per heavy atom. The molecule has 1 aromatic heterocycles. The number of H-pyrrole nitrogens is 1. The van der Waals surface area contributed by atoms with Crippen molar-refractivity contribution in [2.75, 3.05) is 6.54 Å². The molecule has 1 N–H and O–H groups in total. The van der Waals surface area contributed by atoms with Crippen LogP contribution in [0, 0.1) is 10.1 Å². The molecule has 7 nitrogen and oxygen atoms in total. The zero-order valence-electron chi connectivity index (χ0n) is 14.5. The van der Waals surface area contributed by atoms with E-state index >= 15 is 0 Å². The fourth-order valence-electron chi connectivity index (χ4n) is 3.45. The summed E-state index contributed by atoms with van der Waals surface area (Å²) in [4.78, 5) is 32.9. The van der Waals surface area contributed by atoms with E-state index in [0.717, 1.165) is 29.7 Å². The summed E-state index contributed by atoms with van der Waals surface area (Å²) < 4.78 is 0. The van der Waals surface area contributed by atoms with Crippen LogP contribution in [0.15, 0.2) is 54.6 Å². The Kier molecular flexibility index (Phi) is 4.42. The lowest BCUT2D eigenvalue weighted by Gasteiger charge is -2.21. The van der Waals surface area contributed by atoms with Crippen LogP contribution in [0.1, 0.15) is 30.3 Å². The lowest BCUT2D eigenvalue weighted by atomic mass is 10.2. The lowest BCUT2D eigenvalue weighted by Crippen LogP contribution is -2.29. The highest BCUT2D eigenvalue weighted by Gasteiger charge is 2.31. The number of nitrogens with one attached hydrogen (secondary N) is 1. The molecule has 1 aliphatic rings. The molecule has 0 bridgehead atoms. The van der Waals surface area contributed by atoms with E-state index in [1.165, 1.54) is 18.2 Å². The average Bonchev–Trinajstić information content (AvgIpc) is 3.32. The molecule has 136 valence electrons. The minimum atomic E-state index is -0.447. The third-order valence-corrected chi connectivity index (χ3v) is 4.76. The number of aromatic amines is 1. The van der Waals surface area contributed by atoms with Crippen LogP contribution in [0.3, 0.4) is 0 Å². The first kappa shape index (κ1) is 17.0. The van der Waals surface area contributed by atoms with Crippen molar-refractivity contribution in [2.45, 2.75) is 18.9 Å². The number of nitro benzene ring substituents is 1. The fourth-order valence-corrected chi connectivity index (χ4v) is 3.45. The van der Waals surface area contributed by atoms with E-state index in [-0.39, 0.29) is 17.6 Å². The van der Waals surface area contributed by atoms with Crippen molar-refractivity contribution in [1.82, 2.24) is 14.9 Å². The summed E-state index contributed by atoms with van der Waals surface area (Å²) >= 11 is 0. The van der Waals surface area contributed by atoms with Crippen LogP contribution in [-0.4, -0.2) is 32.2 Å². The molecule has 0 aliphatic carbocycles. The molecular weight excluding hydrogens is 344 g/mol. The van der Waals surface area contributed by atoms with Crippen molar-refractivity contribution in [2.24, 2.45) is 0 Å². The predicted molar refractivity (Wildman–Crippen MR) is 102 cm³/mol. The second kappa shape index (κ2) is 7.03. The first-order valence-electron chi connectivity index (χ1n) is 8.79. The van der Waals surface area contributed by atoms with Gasteiger partial charge in [-0.25, -0.2) is 4.98 Å². The van der Waals surface area contributed by atoms with E-state index in [1.54, 1.807) is 23.1 Å². The van der Waals surface area contributed by atoms with Crippen LogP contribution in [-0.2, 0) is 4.79 Å². The number of likely N-dealkylation sites (tertiary alicyclic amines) is 1. The van der Waals surface area contributed by atoms with E-state index in [2.05, 4.69) is 9.97 Å². The lowest BCUT2D eigenvalue weighted by molar-refractivity contribution is -0.384. The van der Waals surface area contributed by atoms with Gasteiger partial charge in [0.15, 0.2) is 0 Å². The highest BCUT2D eigenvalue weighted by atomic mass is 16.6. The molecule has 0 radical (unpaired) electrons. The Balaban J connectivity index is 1.54. The zero-order valence-corrected chi connectivity index (χ0v) is 14.5. The van der Waals surface area contributed by atoms with Crippen molar-refractivity contribution in [1.29, 1.82) is 0 Å². The number of carbonyl (C=O) groups excluding carboxylic acids is 1. The fraction of sp³-hybridized carbons (Fsp3) is 0.200. The first-order chi connectivity index (χ1) is 13.1. The molecular formula is C20H18N4O3. The molecule has 0 saturated carbocycles. The number of nitro groups is 1. The highest BCUT2D eigenvalue weighted by Crippen LogP contribution is 2.31. The van der Waals surface area contributed by atoms with Gasteiger partial charge >= 0.3 is 0 Å². The van der Waals surface area contributed by atoms with Gasteiger partial charge in [0.25, 0.3) is 5.69 Å². The highest BCUT2D eigenvalue weighted by molar-refractivity contribution is 5.92. The van der Waals surface area contributed by atoms with Gasteiger partial charge in [0.2, 0.25) is 5.91 Å². The smallest absolute Gasteiger partial charge is 0.270 e. The number of rotatable bonds is 4. The molecule has 0 unspecified atom stereocenters. The van der Waals surface area contributed by atoms with Gasteiger partial charge in [0.05, 0.1) is 22.0 Å². The minimum absolute atomic E-state index is 0.00548. The van der Waals surface area contributed by atoms with Gasteiger partial charge in [-0.1, -0.05) is 24.3 Å². The molecule has 2 heterocycles. The summed E-state index contributed by atoms with van der Waals surface area (Å²) in [7, 11) is 0. The molecule has 27 heavy (non-hydrogen) atoms. The third kappa shape index (κ3) is 3.44. The van der Waals surface area contributed by atoms with Crippen molar-refractivity contribution in [3.63, 3.8) is 0 Å². The van der Waals surface area contributed by atoms with Crippen LogP contribution in [0.2, 0.25) is 0 Å². The van der Waals surface area contributed by atoms with Crippen LogP contribution in [0.5, 0.6) is 0 Å². The van der Waals surface area contributed by atoms with Crippen molar-refractivity contribution in [3.8, 4) is 0 Å². The number of carbonyl (C=O) groups is 1. The maximum absolute atomic E-state index is 12.7. The summed E-state index contributed by atoms with van der Waals surface area (Å²) in [6.07, 6.45) is 4.86. The van der Waals surface area contributed by atoms with Gasteiger partial charge in [-0.2, -0.15) is 0 Å². The number of amides is 1. The van der Waals surface area contributed by atoms with E-state index in [0.29, 0.717) is 12.1 Å². The van der Waals surface area contributed by atoms with Gasteiger partial charge in [-0.3, -0.25) is 14.9 Å². The Bertz CT molecular complexity index is 1010. The van der Waals surface area contributed by atoms with E-state index in [4.69, 9.17) is 0 Å². The summed E-state index contributed by atoms with van der Waals surface area (Å²) in [5.41, 5.74) is 2.47. The number of hydrogen-bond donors (Lipinski definition) is 1. The van der Waals surface area contributed by atoms with Crippen molar-refractivity contribution in [3.05, 3.63) is 76.1 Å². The second-order valence-corrected chi connectivity index (χ2v) is 6.51. The van der Waals surface area contributed by atoms with Crippen molar-refractivity contribution >= 4 is 28.7 Å². The zero-order chi connectivity index (χ0) is 18.8. The Morgan fingerprint density at radius 2 is 2.11 bits per heavy atom. The van der Waals surface area contributed by atoms with Crippen LogP contribution >= 0.6 is 0 Å². The van der Waals surface area contributed by atoms with E-state index in [1.807, 2.05) is 24.3 Å². The maximum Gasteiger partial charge on any atom is 0.270 e. The van der Waals surface area contributed by atoms with Crippen LogP contribution < -0.4 is 0 Å². The summed E-state index contributed by atoms with van der Waals surface area (Å²) in [5, 5.41) is 10.9. The first-order valence-corrected chi connectivity index (χ1v) is 8.79. The monoisotopic (exact) mass is 362 g/mol. The van der Waals surface area contributed by atoms with Crippen LogP contribution in [0.25, 0.3) is 17.1 Å². The average molecular weight is 362 g/mol. The standard InChI is InChI=1S/C20H18N4O3/c25-19(11-10-14-5-3-6-15(13-14)24(26)27)23-12-4-9-18(23)20-21-16-7-1-2-8-17(16)22-20/h1-3,5-8,10-11,13,18H,4,9,12H2,(H,21,22)/b11-10-/t18-/m0/s1. The Labute approximate surface area is 155 Å². The molecule has 1 fully saturated rings. The van der Waals surface area contributed by atoms with Crippen LogP contribution in [0.4, 0.5) is 5.69 Å². The van der Waals surface area contributed by atoms with Gasteiger partial charge in [0, 0.05) is 24.8 Å². The van der Waals surface area contributed by atoms with Gasteiger partial charge < -0.3 is 9.88 Å². The largest absolute Gasteiger partial charge is 0.340 e. The molecule has 1 amide bonds. The quantitative estimate of drug-likeness (QED) is 0.433. The number of non-ortho nitro benzene ring substituents is 1. The number of hydrogen-bond acceptors (Lipinski definition) is 4. The molecule has 3 aromatic rings. The van der Waals surface area contributed by atoms with Gasteiger partial charge in [0.1, 0.15) is 5.82 Å². The number of imidazole rings is 1. The molecule has 1 aliphatic heterocycles. The molecule has 0 spiro atoms. The SMILES string of the molecule is O=C(/C=C\c1cccc([N+](=O)[O-])c1)N1CCC[C@H]1c1nc2ccccc2[nH]1. The number of aromatic nitrogens is 2. The third-order valence-electron chi connectivity index (χ3n) is 4.76. The minimum Gasteiger partial charge on any atom is -0.340 e. The van der Waals surface area contributed by atoms with Gasteiger partial charge in [-0.15, -0.1) is 0 Å². The number of benzene rings is 2. The second-order valence-electron chi connectivity index (χ2n) is 6.51. The summed E-state index contributed by atoms with van der Waals surface area (Å²) in [6.45, 7) is 0.666. The normalized spacial score (nSPS) is 17.0. The van der Waals surface area contributed by atoms with E-state index < -0.39 is 4.92 Å². The number of nitrogens with zero attached hydrogens (tertiary/aromatic N) is 3.